The number of hydrogen-bond acceptors (Lipinski definition) is 8. The molecule has 0 aromatic carbocycles. The minimum absolute atomic E-state index is 0.0110. The first kappa shape index (κ1) is 67.7. The molecule has 15 unspecified atom stereocenters. The van der Waals surface area contributed by atoms with Gasteiger partial charge in [0, 0.05) is 18.6 Å². The van der Waals surface area contributed by atoms with E-state index in [2.05, 4.69) is 90.0 Å². The van der Waals surface area contributed by atoms with Gasteiger partial charge in [0.25, 0.3) is 0 Å². The molecular weight excluding hydrogens is 849 g/mol. The number of aliphatic hydroxyl groups excluding tert-OH is 5. The number of rotatable bonds is 15. The maximum atomic E-state index is 10.0. The van der Waals surface area contributed by atoms with Gasteiger partial charge in [-0.2, -0.15) is 0 Å². The first-order chi connectivity index (χ1) is 32.0. The van der Waals surface area contributed by atoms with Crippen molar-refractivity contribution in [2.75, 3.05) is 33.0 Å². The summed E-state index contributed by atoms with van der Waals surface area (Å²) in [5.74, 6) is 6.49. The molecule has 0 aromatic heterocycles. The van der Waals surface area contributed by atoms with E-state index in [9.17, 15) is 20.4 Å². The molecule has 1 saturated heterocycles. The van der Waals surface area contributed by atoms with Crippen LogP contribution >= 0.6 is 0 Å². The Morgan fingerprint density at radius 1 is 0.632 bits per heavy atom. The number of ether oxygens (including phenoxy) is 2. The van der Waals surface area contributed by atoms with Crippen molar-refractivity contribution in [3.63, 3.8) is 0 Å². The molecule has 8 heteroatoms. The number of aliphatic hydroxyl groups is 6. The molecule has 1 heterocycles. The summed E-state index contributed by atoms with van der Waals surface area (Å²) in [6.07, 6.45) is 27.9. The maximum absolute atomic E-state index is 10.0. The Morgan fingerprint density at radius 3 is 1.71 bits per heavy atom. The Labute approximate surface area is 423 Å². The maximum Gasteiger partial charge on any atom is 0.0771 e. The summed E-state index contributed by atoms with van der Waals surface area (Å²) in [5.41, 5.74) is -0.204. The normalized spacial score (nSPS) is 34.9. The van der Waals surface area contributed by atoms with Crippen LogP contribution in [0.2, 0.25) is 0 Å². The number of unbranched alkanes of at least 4 members (excludes halogenated alkanes) is 1. The van der Waals surface area contributed by atoms with Gasteiger partial charge in [-0.25, -0.2) is 0 Å². The average Bonchev–Trinajstić information content (AvgIpc) is 3.54. The lowest BCUT2D eigenvalue weighted by atomic mass is 9.67. The highest BCUT2D eigenvalue weighted by atomic mass is 16.5. The van der Waals surface area contributed by atoms with Crippen LogP contribution in [0.5, 0.6) is 0 Å². The van der Waals surface area contributed by atoms with E-state index in [0.717, 1.165) is 113 Å². The molecule has 5 rings (SSSR count). The van der Waals surface area contributed by atoms with Gasteiger partial charge < -0.3 is 40.1 Å². The summed E-state index contributed by atoms with van der Waals surface area (Å²) in [5, 5.41) is 57.0. The van der Waals surface area contributed by atoms with Gasteiger partial charge in [-0.05, 0) is 162 Å². The summed E-state index contributed by atoms with van der Waals surface area (Å²) in [7, 11) is 0. The molecule has 5 aliphatic rings. The molecule has 0 spiro atoms. The fourth-order valence-electron chi connectivity index (χ4n) is 10.8. The van der Waals surface area contributed by atoms with Crippen molar-refractivity contribution >= 4 is 0 Å². The lowest BCUT2D eigenvalue weighted by molar-refractivity contribution is -0.0461. The molecule has 4 saturated carbocycles. The SMILES string of the molecule is CC1(CO)CCCCOC1.CCC(C)C1CCC(C)(C)C(O)C1.CCC(C)C1CCC(C)(O)C(C)C1.CCCC1CCC(C)C(O)C1.CCCC1CCC(O)C(C)C1.CCCCOCC(O)CC. The van der Waals surface area contributed by atoms with Gasteiger partial charge in [0.1, 0.15) is 0 Å². The standard InChI is InChI=1S/2C12H24O.2C10H20O.C8H16O2.C8H18O2/c1-5-9(2)10-6-7-12(3,4)11(13)8-10;1-5-9(2)11-6-7-12(4,13)10(3)8-11;1-3-4-9-5-6-10(11)8(2)7-9;1-3-4-9-6-5-8(2)10(11)7-9;1-8(6-9)4-2-3-5-10-7-8;1-3-5-6-10-7-8(9)4-2/h2*9-11,13H,5-8H2,1-4H3;2*8-11H,3-7H2,1-2H3;9H,2-7H2,1H3;8-9H,3-7H2,1-2H3. The Balaban J connectivity index is 0.000000795. The Bertz CT molecular complexity index is 1090. The smallest absolute Gasteiger partial charge is 0.0771 e. The first-order valence-electron chi connectivity index (χ1n) is 29.2. The van der Waals surface area contributed by atoms with Crippen LogP contribution in [-0.4, -0.2) is 93.7 Å². The molecule has 0 bridgehead atoms. The summed E-state index contributed by atoms with van der Waals surface area (Å²) in [6.45, 7) is 35.8. The third-order valence-electron chi connectivity index (χ3n) is 17.7. The molecule has 4 aliphatic carbocycles. The zero-order valence-electron chi connectivity index (χ0n) is 48.0. The molecule has 8 nitrogen and oxygen atoms in total. The minimum Gasteiger partial charge on any atom is -0.396 e. The molecular formula is C60H122O8. The Morgan fingerprint density at radius 2 is 1.21 bits per heavy atom. The van der Waals surface area contributed by atoms with E-state index in [0.29, 0.717) is 24.4 Å². The van der Waals surface area contributed by atoms with Crippen molar-refractivity contribution in [3.8, 4) is 0 Å². The highest BCUT2D eigenvalue weighted by Crippen LogP contribution is 2.42. The van der Waals surface area contributed by atoms with Crippen molar-refractivity contribution in [1.29, 1.82) is 0 Å². The predicted molar refractivity (Wildman–Crippen MR) is 290 cm³/mol. The molecule has 0 amide bonds. The van der Waals surface area contributed by atoms with Gasteiger partial charge >= 0.3 is 0 Å². The topological polar surface area (TPSA) is 140 Å². The molecule has 410 valence electrons. The lowest BCUT2D eigenvalue weighted by Crippen LogP contribution is -2.39. The number of hydrogen-bond donors (Lipinski definition) is 6. The summed E-state index contributed by atoms with van der Waals surface area (Å²) < 4.78 is 10.5. The fraction of sp³-hybridized carbons (Fsp3) is 1.00. The predicted octanol–water partition coefficient (Wildman–Crippen LogP) is 14.4. The third-order valence-corrected chi connectivity index (χ3v) is 17.7. The highest BCUT2D eigenvalue weighted by molar-refractivity contribution is 4.89. The molecule has 68 heavy (non-hydrogen) atoms. The second-order valence-electron chi connectivity index (χ2n) is 24.6. The second-order valence-corrected chi connectivity index (χ2v) is 24.6. The monoisotopic (exact) mass is 971 g/mol. The summed E-state index contributed by atoms with van der Waals surface area (Å²) in [4.78, 5) is 0. The zero-order chi connectivity index (χ0) is 51.9. The Hall–Kier alpha value is -0.320. The summed E-state index contributed by atoms with van der Waals surface area (Å²) >= 11 is 0. The van der Waals surface area contributed by atoms with Crippen LogP contribution < -0.4 is 0 Å². The van der Waals surface area contributed by atoms with Crippen LogP contribution in [0.4, 0.5) is 0 Å². The lowest BCUT2D eigenvalue weighted by Gasteiger charge is -2.41. The van der Waals surface area contributed by atoms with E-state index in [1.54, 1.807) is 0 Å². The first-order valence-corrected chi connectivity index (χ1v) is 29.2. The van der Waals surface area contributed by atoms with Gasteiger partial charge in [-0.1, -0.05) is 155 Å². The summed E-state index contributed by atoms with van der Waals surface area (Å²) in [6, 6.07) is 0. The van der Waals surface area contributed by atoms with E-state index in [4.69, 9.17) is 19.7 Å². The molecule has 1 aliphatic heterocycles. The van der Waals surface area contributed by atoms with Crippen molar-refractivity contribution < 1.29 is 40.1 Å². The van der Waals surface area contributed by atoms with E-state index >= 15 is 0 Å². The fourth-order valence-corrected chi connectivity index (χ4v) is 10.8. The van der Waals surface area contributed by atoms with Gasteiger partial charge in [0.05, 0.1) is 49.8 Å². The molecule has 5 fully saturated rings. The minimum atomic E-state index is -0.399. The van der Waals surface area contributed by atoms with Crippen molar-refractivity contribution in [2.45, 2.75) is 288 Å². The quantitative estimate of drug-likeness (QED) is 0.0892. The van der Waals surface area contributed by atoms with Crippen molar-refractivity contribution in [2.24, 2.45) is 64.1 Å². The highest BCUT2D eigenvalue weighted by Gasteiger charge is 2.38. The average molecular weight is 972 g/mol. The molecule has 0 radical (unpaired) electrons. The Kier molecular flexibility index (Phi) is 37.2. The molecule has 0 aromatic rings. The third kappa shape index (κ3) is 28.8. The van der Waals surface area contributed by atoms with E-state index in [1.165, 1.54) is 96.3 Å². The van der Waals surface area contributed by atoms with Gasteiger partial charge in [0.2, 0.25) is 0 Å². The van der Waals surface area contributed by atoms with Crippen molar-refractivity contribution in [1.82, 2.24) is 0 Å². The van der Waals surface area contributed by atoms with Crippen LogP contribution in [0, 0.1) is 64.1 Å². The molecule has 6 N–H and O–H groups in total. The molecule has 15 atom stereocenters. The van der Waals surface area contributed by atoms with E-state index in [1.807, 2.05) is 13.8 Å². The van der Waals surface area contributed by atoms with E-state index < -0.39 is 5.60 Å². The second kappa shape index (κ2) is 37.4. The van der Waals surface area contributed by atoms with Crippen LogP contribution in [0.1, 0.15) is 258 Å². The van der Waals surface area contributed by atoms with Crippen LogP contribution in [-0.2, 0) is 9.47 Å². The van der Waals surface area contributed by atoms with Gasteiger partial charge in [-0.3, -0.25) is 0 Å². The van der Waals surface area contributed by atoms with E-state index in [-0.39, 0.29) is 41.9 Å². The van der Waals surface area contributed by atoms with Crippen LogP contribution in [0.15, 0.2) is 0 Å². The van der Waals surface area contributed by atoms with Crippen LogP contribution in [0.3, 0.4) is 0 Å². The zero-order valence-corrected chi connectivity index (χ0v) is 48.0. The largest absolute Gasteiger partial charge is 0.396 e. The van der Waals surface area contributed by atoms with Gasteiger partial charge in [-0.15, -0.1) is 0 Å². The van der Waals surface area contributed by atoms with Crippen LogP contribution in [0.25, 0.3) is 0 Å². The van der Waals surface area contributed by atoms with Gasteiger partial charge in [0.15, 0.2) is 0 Å². The van der Waals surface area contributed by atoms with Crippen molar-refractivity contribution in [3.05, 3.63) is 0 Å².